The third kappa shape index (κ3) is 6.08. The number of amides is 2. The summed E-state index contributed by atoms with van der Waals surface area (Å²) in [6.45, 7) is 6.13. The molecular weight excluding hydrogens is 280 g/mol. The van der Waals surface area contributed by atoms with Crippen LogP contribution < -0.4 is 10.6 Å². The minimum Gasteiger partial charge on any atom is -0.354 e. The number of aryl methyl sites for hydroxylation is 1. The molecule has 2 amide bonds. The lowest BCUT2D eigenvalue weighted by Gasteiger charge is -2.13. The Labute approximate surface area is 131 Å². The Hall–Kier alpha value is -2.17. The first-order valence-electron chi connectivity index (χ1n) is 7.61. The van der Waals surface area contributed by atoms with Crippen LogP contribution in [0.1, 0.15) is 49.0 Å². The molecule has 0 aliphatic carbocycles. The number of ketones is 1. The summed E-state index contributed by atoms with van der Waals surface area (Å²) in [5.74, 6) is -0.571. The predicted molar refractivity (Wildman–Crippen MR) is 85.6 cm³/mol. The number of benzene rings is 1. The SMILES string of the molecule is CCCNC(=O)[C@H](C)NC(=O)CCC(=O)c1ccc(C)cc1. The van der Waals surface area contributed by atoms with Crippen molar-refractivity contribution in [2.24, 2.45) is 0 Å². The zero-order chi connectivity index (χ0) is 16.5. The summed E-state index contributed by atoms with van der Waals surface area (Å²) in [6.07, 6.45) is 1.06. The lowest BCUT2D eigenvalue weighted by Crippen LogP contribution is -2.45. The van der Waals surface area contributed by atoms with Crippen molar-refractivity contribution in [3.63, 3.8) is 0 Å². The Morgan fingerprint density at radius 2 is 1.73 bits per heavy atom. The maximum Gasteiger partial charge on any atom is 0.242 e. The molecule has 1 aromatic rings. The van der Waals surface area contributed by atoms with E-state index >= 15 is 0 Å². The van der Waals surface area contributed by atoms with E-state index in [1.54, 1.807) is 19.1 Å². The van der Waals surface area contributed by atoms with Gasteiger partial charge in [-0.1, -0.05) is 36.8 Å². The van der Waals surface area contributed by atoms with E-state index < -0.39 is 6.04 Å². The summed E-state index contributed by atoms with van der Waals surface area (Å²) in [7, 11) is 0. The van der Waals surface area contributed by atoms with E-state index in [9.17, 15) is 14.4 Å². The lowest BCUT2D eigenvalue weighted by molar-refractivity contribution is -0.128. The topological polar surface area (TPSA) is 75.3 Å². The van der Waals surface area contributed by atoms with Gasteiger partial charge in [0.05, 0.1) is 0 Å². The third-order valence-corrected chi connectivity index (χ3v) is 3.27. The van der Waals surface area contributed by atoms with Crippen LogP contribution in [0, 0.1) is 6.92 Å². The average molecular weight is 304 g/mol. The van der Waals surface area contributed by atoms with E-state index in [4.69, 9.17) is 0 Å². The maximum atomic E-state index is 12.0. The molecule has 0 aromatic heterocycles. The van der Waals surface area contributed by atoms with Gasteiger partial charge in [0.15, 0.2) is 5.78 Å². The van der Waals surface area contributed by atoms with Crippen LogP contribution in [0.4, 0.5) is 0 Å². The molecule has 0 fully saturated rings. The number of rotatable bonds is 8. The fourth-order valence-corrected chi connectivity index (χ4v) is 1.89. The zero-order valence-electron chi connectivity index (χ0n) is 13.4. The van der Waals surface area contributed by atoms with Crippen LogP contribution in [-0.2, 0) is 9.59 Å². The molecule has 0 saturated carbocycles. The maximum absolute atomic E-state index is 12.0. The average Bonchev–Trinajstić information content (AvgIpc) is 2.50. The first kappa shape index (κ1) is 17.9. The predicted octanol–water partition coefficient (Wildman–Crippen LogP) is 1.99. The van der Waals surface area contributed by atoms with E-state index in [2.05, 4.69) is 10.6 Å². The molecule has 0 aliphatic heterocycles. The second kappa shape index (κ2) is 8.97. The molecule has 120 valence electrons. The minimum atomic E-state index is -0.589. The Morgan fingerprint density at radius 1 is 1.09 bits per heavy atom. The summed E-state index contributed by atoms with van der Waals surface area (Å²) in [5.41, 5.74) is 1.69. The Kier molecular flexibility index (Phi) is 7.29. The number of carbonyl (C=O) groups excluding carboxylic acids is 3. The van der Waals surface area contributed by atoms with Crippen molar-refractivity contribution in [1.82, 2.24) is 10.6 Å². The fraction of sp³-hybridized carbons (Fsp3) is 0.471. The minimum absolute atomic E-state index is 0.0711. The van der Waals surface area contributed by atoms with Gasteiger partial charge in [-0.25, -0.2) is 0 Å². The van der Waals surface area contributed by atoms with Crippen molar-refractivity contribution in [1.29, 1.82) is 0 Å². The van der Waals surface area contributed by atoms with Crippen molar-refractivity contribution in [2.75, 3.05) is 6.54 Å². The first-order chi connectivity index (χ1) is 10.4. The molecule has 0 radical (unpaired) electrons. The molecule has 0 heterocycles. The molecule has 2 N–H and O–H groups in total. The highest BCUT2D eigenvalue weighted by atomic mass is 16.2. The number of Topliss-reactive ketones (excluding diaryl/α,β-unsaturated/α-hetero) is 1. The number of carbonyl (C=O) groups is 3. The van der Waals surface area contributed by atoms with Gasteiger partial charge in [0.1, 0.15) is 6.04 Å². The fourth-order valence-electron chi connectivity index (χ4n) is 1.89. The van der Waals surface area contributed by atoms with Crippen LogP contribution in [-0.4, -0.2) is 30.2 Å². The van der Waals surface area contributed by atoms with Crippen molar-refractivity contribution < 1.29 is 14.4 Å². The molecule has 0 aliphatic rings. The van der Waals surface area contributed by atoms with Crippen LogP contribution in [0.2, 0.25) is 0 Å². The smallest absolute Gasteiger partial charge is 0.242 e. The monoisotopic (exact) mass is 304 g/mol. The standard InChI is InChI=1S/C17H24N2O3/c1-4-11-18-17(22)13(3)19-16(21)10-9-15(20)14-7-5-12(2)6-8-14/h5-8,13H,4,9-11H2,1-3H3,(H,18,22)(H,19,21)/t13-/m0/s1. The summed E-state index contributed by atoms with van der Waals surface area (Å²) >= 11 is 0. The highest BCUT2D eigenvalue weighted by molar-refractivity contribution is 5.98. The van der Waals surface area contributed by atoms with Gasteiger partial charge >= 0.3 is 0 Å². The Balaban J connectivity index is 2.37. The van der Waals surface area contributed by atoms with E-state index in [-0.39, 0.29) is 30.4 Å². The molecule has 22 heavy (non-hydrogen) atoms. The van der Waals surface area contributed by atoms with Gasteiger partial charge in [0, 0.05) is 24.9 Å². The van der Waals surface area contributed by atoms with Crippen LogP contribution in [0.3, 0.4) is 0 Å². The molecule has 0 unspecified atom stereocenters. The van der Waals surface area contributed by atoms with Gasteiger partial charge in [-0.05, 0) is 20.3 Å². The van der Waals surface area contributed by atoms with E-state index in [0.29, 0.717) is 12.1 Å². The van der Waals surface area contributed by atoms with Gasteiger partial charge in [0.2, 0.25) is 11.8 Å². The lowest BCUT2D eigenvalue weighted by atomic mass is 10.0. The van der Waals surface area contributed by atoms with Crippen molar-refractivity contribution in [3.05, 3.63) is 35.4 Å². The van der Waals surface area contributed by atoms with Crippen LogP contribution in [0.5, 0.6) is 0 Å². The highest BCUT2D eigenvalue weighted by Crippen LogP contribution is 2.07. The summed E-state index contributed by atoms with van der Waals surface area (Å²) < 4.78 is 0. The van der Waals surface area contributed by atoms with Crippen LogP contribution >= 0.6 is 0 Å². The molecule has 5 nitrogen and oxygen atoms in total. The molecule has 0 spiro atoms. The molecule has 0 saturated heterocycles. The molecule has 1 rings (SSSR count). The van der Waals surface area contributed by atoms with Gasteiger partial charge in [-0.15, -0.1) is 0 Å². The largest absolute Gasteiger partial charge is 0.354 e. The number of hydrogen-bond acceptors (Lipinski definition) is 3. The molecule has 0 bridgehead atoms. The highest BCUT2D eigenvalue weighted by Gasteiger charge is 2.16. The molecule has 1 atom stereocenters. The van der Waals surface area contributed by atoms with E-state index in [1.807, 2.05) is 26.0 Å². The molecule has 5 heteroatoms. The number of hydrogen-bond donors (Lipinski definition) is 2. The second-order valence-corrected chi connectivity index (χ2v) is 5.37. The van der Waals surface area contributed by atoms with Gasteiger partial charge < -0.3 is 10.6 Å². The Bertz CT molecular complexity index is 523. The van der Waals surface area contributed by atoms with E-state index in [0.717, 1.165) is 12.0 Å². The molecule has 1 aromatic carbocycles. The van der Waals surface area contributed by atoms with Crippen LogP contribution in [0.25, 0.3) is 0 Å². The first-order valence-corrected chi connectivity index (χ1v) is 7.61. The third-order valence-electron chi connectivity index (χ3n) is 3.27. The Morgan fingerprint density at radius 3 is 2.32 bits per heavy atom. The van der Waals surface area contributed by atoms with Crippen molar-refractivity contribution >= 4 is 17.6 Å². The summed E-state index contributed by atoms with van der Waals surface area (Å²) in [4.78, 5) is 35.4. The second-order valence-electron chi connectivity index (χ2n) is 5.37. The van der Waals surface area contributed by atoms with E-state index in [1.165, 1.54) is 0 Å². The quantitative estimate of drug-likeness (QED) is 0.721. The number of nitrogens with one attached hydrogen (secondary N) is 2. The zero-order valence-corrected chi connectivity index (χ0v) is 13.4. The molecular formula is C17H24N2O3. The summed E-state index contributed by atoms with van der Waals surface area (Å²) in [6, 6.07) is 6.67. The van der Waals surface area contributed by atoms with Gasteiger partial charge in [-0.2, -0.15) is 0 Å². The van der Waals surface area contributed by atoms with Gasteiger partial charge in [0.25, 0.3) is 0 Å². The van der Waals surface area contributed by atoms with Crippen molar-refractivity contribution in [2.45, 2.75) is 46.1 Å². The normalized spacial score (nSPS) is 11.6. The van der Waals surface area contributed by atoms with Crippen LogP contribution in [0.15, 0.2) is 24.3 Å². The summed E-state index contributed by atoms with van der Waals surface area (Å²) in [5, 5.41) is 5.31. The van der Waals surface area contributed by atoms with Gasteiger partial charge in [-0.3, -0.25) is 14.4 Å². The van der Waals surface area contributed by atoms with Crippen molar-refractivity contribution in [3.8, 4) is 0 Å².